The van der Waals surface area contributed by atoms with Crippen molar-refractivity contribution in [2.45, 2.75) is 19.8 Å². The van der Waals surface area contributed by atoms with Gasteiger partial charge in [-0.2, -0.15) is 5.26 Å². The van der Waals surface area contributed by atoms with Gasteiger partial charge in [-0.1, -0.05) is 12.1 Å². The summed E-state index contributed by atoms with van der Waals surface area (Å²) in [7, 11) is 1.29. The lowest BCUT2D eigenvalue weighted by Gasteiger charge is -2.16. The number of carboxylic acid groups (broad SMARTS) is 1. The Morgan fingerprint density at radius 1 is 1.71 bits per heavy atom. The van der Waals surface area contributed by atoms with Gasteiger partial charge in [0.05, 0.1) is 6.07 Å². The molecule has 0 aromatic carbocycles. The predicted molar refractivity (Wildman–Crippen MR) is 49.0 cm³/mol. The fraction of sp³-hybridized carbons (Fsp3) is 0.625. The second kappa shape index (κ2) is 5.80. The lowest BCUT2D eigenvalue weighted by Crippen LogP contribution is -2.32. The number of hydrogen-bond acceptors (Lipinski definition) is 4. The van der Waals surface area contributed by atoms with Crippen LogP contribution in [-0.2, 0) is 0 Å². The fourth-order valence-corrected chi connectivity index (χ4v) is 0.895. The molecule has 1 atom stereocenters. The summed E-state index contributed by atoms with van der Waals surface area (Å²) in [6, 6.07) is 1.96. The Labute approximate surface area is 82.0 Å². The molecule has 0 saturated heterocycles. The van der Waals surface area contributed by atoms with Gasteiger partial charge in [0.2, 0.25) is 0 Å². The Balaban J connectivity index is 4.32. The van der Waals surface area contributed by atoms with E-state index < -0.39 is 6.09 Å². The number of nitrogens with zero attached hydrogens (tertiary/aromatic N) is 3. The van der Waals surface area contributed by atoms with Crippen LogP contribution in [0.5, 0.6) is 0 Å². The van der Waals surface area contributed by atoms with Gasteiger partial charge in [0.25, 0.3) is 0 Å². The molecule has 14 heavy (non-hydrogen) atoms. The van der Waals surface area contributed by atoms with Crippen LogP contribution in [0.25, 0.3) is 0 Å². The van der Waals surface area contributed by atoms with E-state index in [0.717, 1.165) is 4.90 Å². The van der Waals surface area contributed by atoms with Crippen molar-refractivity contribution in [3.63, 3.8) is 0 Å². The number of hydrogen-bond donors (Lipinski definition) is 2. The summed E-state index contributed by atoms with van der Waals surface area (Å²) in [6.07, 6.45) is -0.638. The van der Waals surface area contributed by atoms with Crippen LogP contribution >= 0.6 is 0 Å². The van der Waals surface area contributed by atoms with Crippen molar-refractivity contribution in [2.75, 3.05) is 7.05 Å². The third-order valence-electron chi connectivity index (χ3n) is 1.76. The molecule has 0 aliphatic carbocycles. The summed E-state index contributed by atoms with van der Waals surface area (Å²) in [5.74, 6) is 0.00736. The Morgan fingerprint density at radius 3 is 2.64 bits per heavy atom. The van der Waals surface area contributed by atoms with Gasteiger partial charge in [-0.3, -0.25) is 4.90 Å². The highest BCUT2D eigenvalue weighted by Gasteiger charge is 2.16. The van der Waals surface area contributed by atoms with Gasteiger partial charge in [0.15, 0.2) is 5.84 Å². The van der Waals surface area contributed by atoms with Crippen molar-refractivity contribution in [3.05, 3.63) is 0 Å². The van der Waals surface area contributed by atoms with E-state index in [9.17, 15) is 4.79 Å². The summed E-state index contributed by atoms with van der Waals surface area (Å²) in [5, 5.41) is 28.4. The van der Waals surface area contributed by atoms with Crippen molar-refractivity contribution >= 4 is 11.9 Å². The third-order valence-corrected chi connectivity index (χ3v) is 1.76. The molecule has 0 aromatic heterocycles. The first-order chi connectivity index (χ1) is 6.52. The minimum Gasteiger partial charge on any atom is -0.465 e. The first kappa shape index (κ1) is 12.2. The minimum atomic E-state index is -1.19. The summed E-state index contributed by atoms with van der Waals surface area (Å²) >= 11 is 0. The molecule has 6 nitrogen and oxygen atoms in total. The van der Waals surface area contributed by atoms with Gasteiger partial charge >= 0.3 is 6.09 Å². The second-order valence-electron chi connectivity index (χ2n) is 3.03. The van der Waals surface area contributed by atoms with E-state index in [2.05, 4.69) is 5.16 Å². The molecule has 6 heteroatoms. The maximum Gasteiger partial charge on any atom is 0.412 e. The van der Waals surface area contributed by atoms with Gasteiger partial charge in [-0.15, -0.1) is 0 Å². The SMILES string of the molecule is CC(CC#N)CC(=NO)N(C)C(=O)O. The van der Waals surface area contributed by atoms with Crippen LogP contribution in [0.3, 0.4) is 0 Å². The van der Waals surface area contributed by atoms with Crippen LogP contribution in [-0.4, -0.2) is 34.2 Å². The number of rotatable bonds is 3. The number of oxime groups is 1. The molecule has 0 saturated carbocycles. The molecule has 1 amide bonds. The van der Waals surface area contributed by atoms with Crippen LogP contribution < -0.4 is 0 Å². The van der Waals surface area contributed by atoms with Gasteiger partial charge < -0.3 is 10.3 Å². The first-order valence-corrected chi connectivity index (χ1v) is 4.07. The highest BCUT2D eigenvalue weighted by atomic mass is 16.4. The zero-order valence-corrected chi connectivity index (χ0v) is 8.14. The van der Waals surface area contributed by atoms with Gasteiger partial charge in [-0.05, 0) is 5.92 Å². The van der Waals surface area contributed by atoms with Crippen molar-refractivity contribution in [2.24, 2.45) is 11.1 Å². The Kier molecular flexibility index (Phi) is 5.07. The molecule has 1 unspecified atom stereocenters. The normalized spacial score (nSPS) is 13.1. The summed E-state index contributed by atoms with van der Waals surface area (Å²) in [5.41, 5.74) is 0. The Bertz CT molecular complexity index is 269. The van der Waals surface area contributed by atoms with Crippen molar-refractivity contribution in [1.29, 1.82) is 5.26 Å². The number of carbonyl (C=O) groups is 1. The van der Waals surface area contributed by atoms with E-state index in [1.165, 1.54) is 7.05 Å². The van der Waals surface area contributed by atoms with Crippen LogP contribution in [0, 0.1) is 17.2 Å². The minimum absolute atomic E-state index is 0.0345. The maximum atomic E-state index is 10.5. The van der Waals surface area contributed by atoms with E-state index in [1.54, 1.807) is 6.92 Å². The molecule has 0 rings (SSSR count). The van der Waals surface area contributed by atoms with Crippen LogP contribution in [0.4, 0.5) is 4.79 Å². The first-order valence-electron chi connectivity index (χ1n) is 4.07. The summed E-state index contributed by atoms with van der Waals surface area (Å²) in [4.78, 5) is 11.3. The molecule has 0 fully saturated rings. The van der Waals surface area contributed by atoms with Crippen molar-refractivity contribution in [3.8, 4) is 6.07 Å². The molecule has 0 spiro atoms. The Hall–Kier alpha value is -1.77. The largest absolute Gasteiger partial charge is 0.465 e. The van der Waals surface area contributed by atoms with Gasteiger partial charge in [0, 0.05) is 19.9 Å². The van der Waals surface area contributed by atoms with E-state index >= 15 is 0 Å². The molecule has 0 aliphatic rings. The Morgan fingerprint density at radius 2 is 2.29 bits per heavy atom. The number of amidine groups is 1. The average Bonchev–Trinajstić information content (AvgIpc) is 2.13. The zero-order chi connectivity index (χ0) is 11.1. The van der Waals surface area contributed by atoms with Crippen LogP contribution in [0.1, 0.15) is 19.8 Å². The fourth-order valence-electron chi connectivity index (χ4n) is 0.895. The average molecular weight is 199 g/mol. The highest BCUT2D eigenvalue weighted by molar-refractivity contribution is 5.94. The molecule has 78 valence electrons. The molecule has 0 aromatic rings. The monoisotopic (exact) mass is 199 g/mol. The van der Waals surface area contributed by atoms with Crippen molar-refractivity contribution < 1.29 is 15.1 Å². The molecule has 0 bridgehead atoms. The quantitative estimate of drug-likeness (QED) is 0.310. The van der Waals surface area contributed by atoms with Crippen molar-refractivity contribution in [1.82, 2.24) is 4.90 Å². The van der Waals surface area contributed by atoms with Crippen LogP contribution in [0.15, 0.2) is 5.16 Å². The van der Waals surface area contributed by atoms with E-state index in [-0.39, 0.29) is 18.2 Å². The highest BCUT2D eigenvalue weighted by Crippen LogP contribution is 2.09. The standard InChI is InChI=1S/C8H13N3O3/c1-6(3-4-9)5-7(10-14)11(2)8(12)13/h6,14H,3,5H2,1-2H3,(H,12,13). The van der Waals surface area contributed by atoms with E-state index in [0.29, 0.717) is 6.42 Å². The smallest absolute Gasteiger partial charge is 0.412 e. The molecular formula is C8H13N3O3. The van der Waals surface area contributed by atoms with Crippen LogP contribution in [0.2, 0.25) is 0 Å². The van der Waals surface area contributed by atoms with E-state index in [1.807, 2.05) is 6.07 Å². The zero-order valence-electron chi connectivity index (χ0n) is 8.14. The molecule has 0 heterocycles. The van der Waals surface area contributed by atoms with Gasteiger partial charge in [-0.25, -0.2) is 4.79 Å². The maximum absolute atomic E-state index is 10.5. The second-order valence-corrected chi connectivity index (χ2v) is 3.03. The molecule has 0 radical (unpaired) electrons. The number of amides is 1. The topological polar surface area (TPSA) is 96.9 Å². The summed E-state index contributed by atoms with van der Waals surface area (Å²) < 4.78 is 0. The molecule has 0 aliphatic heterocycles. The predicted octanol–water partition coefficient (Wildman–Crippen LogP) is 1.32. The summed E-state index contributed by atoms with van der Waals surface area (Å²) in [6.45, 7) is 1.78. The van der Waals surface area contributed by atoms with E-state index in [4.69, 9.17) is 15.6 Å². The third kappa shape index (κ3) is 3.76. The lowest BCUT2D eigenvalue weighted by molar-refractivity contribution is 0.172. The lowest BCUT2D eigenvalue weighted by atomic mass is 10.0. The molecule has 2 N–H and O–H groups in total. The molecular weight excluding hydrogens is 186 g/mol. The number of nitriles is 1. The van der Waals surface area contributed by atoms with Gasteiger partial charge in [0.1, 0.15) is 0 Å².